The van der Waals surface area contributed by atoms with Crippen molar-refractivity contribution in [3.8, 4) is 5.75 Å². The van der Waals surface area contributed by atoms with E-state index >= 15 is 0 Å². The molecule has 2 aromatic carbocycles. The van der Waals surface area contributed by atoms with Gasteiger partial charge in [-0.05, 0) is 43.7 Å². The minimum absolute atomic E-state index is 0.283. The molecule has 3 rings (SSSR count). The lowest BCUT2D eigenvalue weighted by Crippen LogP contribution is -2.40. The van der Waals surface area contributed by atoms with E-state index in [-0.39, 0.29) is 5.90 Å². The topological polar surface area (TPSA) is 66.4 Å². The van der Waals surface area contributed by atoms with Crippen molar-refractivity contribution in [1.29, 1.82) is 0 Å². The van der Waals surface area contributed by atoms with Gasteiger partial charge in [-0.3, -0.25) is 0 Å². The molecule has 1 aliphatic rings. The third kappa shape index (κ3) is 4.53. The van der Waals surface area contributed by atoms with E-state index in [1.165, 1.54) is 0 Å². The molecule has 1 heterocycles. The van der Waals surface area contributed by atoms with Crippen LogP contribution in [0.15, 0.2) is 59.6 Å². The van der Waals surface area contributed by atoms with E-state index in [0.29, 0.717) is 6.61 Å². The Morgan fingerprint density at radius 3 is 2.44 bits per heavy atom. The molecule has 2 aromatic rings. The van der Waals surface area contributed by atoms with E-state index in [0.717, 1.165) is 16.9 Å². The second-order valence-corrected chi connectivity index (χ2v) is 6.02. The molecule has 0 bridgehead atoms. The largest absolute Gasteiger partial charge is 0.497 e. The number of carbonyl (C=O) groups is 1. The number of cyclic esters (lactones) is 1. The third-order valence-electron chi connectivity index (χ3n) is 4.19. The number of ether oxygens (including phenoxy) is 4. The minimum Gasteiger partial charge on any atom is -0.497 e. The van der Waals surface area contributed by atoms with Gasteiger partial charge in [0.15, 0.2) is 12.4 Å². The van der Waals surface area contributed by atoms with Crippen LogP contribution in [0, 0.1) is 0 Å². The Bertz CT molecular complexity index is 788. The lowest BCUT2D eigenvalue weighted by atomic mass is 10.00. The number of methoxy groups -OCH3 is 1. The van der Waals surface area contributed by atoms with Gasteiger partial charge in [-0.25, -0.2) is 9.79 Å². The highest BCUT2D eigenvalue weighted by Crippen LogP contribution is 2.31. The lowest BCUT2D eigenvalue weighted by molar-refractivity contribution is -0.187. The van der Waals surface area contributed by atoms with Crippen LogP contribution in [-0.4, -0.2) is 38.0 Å². The van der Waals surface area contributed by atoms with Crippen LogP contribution in [0.25, 0.3) is 0 Å². The molecule has 0 spiro atoms. The summed E-state index contributed by atoms with van der Waals surface area (Å²) >= 11 is 0. The van der Waals surface area contributed by atoms with Gasteiger partial charge >= 0.3 is 5.97 Å². The number of hydrogen-bond donors (Lipinski definition) is 0. The van der Waals surface area contributed by atoms with Crippen molar-refractivity contribution in [2.75, 3.05) is 13.7 Å². The number of nitrogens with zero attached hydrogens (tertiary/aromatic N) is 1. The molecule has 6 nitrogen and oxygen atoms in total. The maximum absolute atomic E-state index is 12.7. The van der Waals surface area contributed by atoms with E-state index < -0.39 is 24.4 Å². The summed E-state index contributed by atoms with van der Waals surface area (Å²) in [5, 5.41) is 0. The molecule has 0 fully saturated rings. The SMILES string of the molecule is CCOC(C)OC1C(=O)OC(c2ccccc2)=NC1c1ccc(OC)cc1. The van der Waals surface area contributed by atoms with E-state index in [1.54, 1.807) is 14.0 Å². The first-order chi connectivity index (χ1) is 13.1. The maximum atomic E-state index is 12.7. The van der Waals surface area contributed by atoms with Gasteiger partial charge in [0.1, 0.15) is 11.8 Å². The first kappa shape index (κ1) is 19.1. The molecule has 0 saturated heterocycles. The molecule has 0 aromatic heterocycles. The molecule has 142 valence electrons. The number of hydrogen-bond acceptors (Lipinski definition) is 6. The molecular formula is C21H23NO5. The van der Waals surface area contributed by atoms with Gasteiger partial charge < -0.3 is 18.9 Å². The highest BCUT2D eigenvalue weighted by molar-refractivity contribution is 6.03. The van der Waals surface area contributed by atoms with Crippen molar-refractivity contribution < 1.29 is 23.7 Å². The average molecular weight is 369 g/mol. The molecule has 0 N–H and O–H groups in total. The zero-order valence-electron chi connectivity index (χ0n) is 15.6. The van der Waals surface area contributed by atoms with Crippen molar-refractivity contribution in [1.82, 2.24) is 0 Å². The molecule has 0 saturated carbocycles. The molecule has 1 aliphatic heterocycles. The summed E-state index contributed by atoms with van der Waals surface area (Å²) in [6.07, 6.45) is -1.45. The average Bonchev–Trinajstić information content (AvgIpc) is 2.70. The van der Waals surface area contributed by atoms with Crippen molar-refractivity contribution in [2.24, 2.45) is 4.99 Å². The predicted molar refractivity (Wildman–Crippen MR) is 101 cm³/mol. The van der Waals surface area contributed by atoms with Crippen LogP contribution in [0.4, 0.5) is 0 Å². The maximum Gasteiger partial charge on any atom is 0.344 e. The van der Waals surface area contributed by atoms with Crippen LogP contribution in [0.1, 0.15) is 31.0 Å². The summed E-state index contributed by atoms with van der Waals surface area (Å²) < 4.78 is 21.9. The molecular weight excluding hydrogens is 346 g/mol. The fraction of sp³-hybridized carbons (Fsp3) is 0.333. The van der Waals surface area contributed by atoms with Crippen molar-refractivity contribution in [2.45, 2.75) is 32.3 Å². The first-order valence-electron chi connectivity index (χ1n) is 8.88. The van der Waals surface area contributed by atoms with Gasteiger partial charge in [0.25, 0.3) is 0 Å². The zero-order valence-corrected chi connectivity index (χ0v) is 15.6. The summed E-state index contributed by atoms with van der Waals surface area (Å²) in [5.41, 5.74) is 1.57. The van der Waals surface area contributed by atoms with Gasteiger partial charge in [-0.1, -0.05) is 30.3 Å². The molecule has 0 amide bonds. The van der Waals surface area contributed by atoms with Gasteiger partial charge in [0, 0.05) is 12.2 Å². The number of aliphatic imine (C=N–C) groups is 1. The summed E-state index contributed by atoms with van der Waals surface area (Å²) in [5.74, 6) is 0.520. The Morgan fingerprint density at radius 2 is 1.81 bits per heavy atom. The first-order valence-corrected chi connectivity index (χ1v) is 8.88. The summed E-state index contributed by atoms with van der Waals surface area (Å²) in [7, 11) is 1.61. The summed E-state index contributed by atoms with van der Waals surface area (Å²) in [6.45, 7) is 4.10. The molecule has 3 atom stereocenters. The highest BCUT2D eigenvalue weighted by Gasteiger charge is 2.39. The van der Waals surface area contributed by atoms with Crippen LogP contribution in [0.2, 0.25) is 0 Å². The molecule has 27 heavy (non-hydrogen) atoms. The lowest BCUT2D eigenvalue weighted by Gasteiger charge is -2.30. The number of esters is 1. The van der Waals surface area contributed by atoms with Crippen LogP contribution in [-0.2, 0) is 19.0 Å². The molecule has 0 aliphatic carbocycles. The monoisotopic (exact) mass is 369 g/mol. The predicted octanol–water partition coefficient (Wildman–Crippen LogP) is 3.51. The number of rotatable bonds is 7. The van der Waals surface area contributed by atoms with E-state index in [9.17, 15) is 4.79 Å². The number of carbonyl (C=O) groups excluding carboxylic acids is 1. The third-order valence-corrected chi connectivity index (χ3v) is 4.19. The summed E-state index contributed by atoms with van der Waals surface area (Å²) in [4.78, 5) is 17.4. The summed E-state index contributed by atoms with van der Waals surface area (Å²) in [6, 6.07) is 16.2. The Labute approximate surface area is 158 Å². The fourth-order valence-electron chi connectivity index (χ4n) is 2.88. The van der Waals surface area contributed by atoms with Gasteiger partial charge in [0.05, 0.1) is 7.11 Å². The van der Waals surface area contributed by atoms with Gasteiger partial charge in [0.2, 0.25) is 5.90 Å². The van der Waals surface area contributed by atoms with Crippen LogP contribution in [0.5, 0.6) is 5.75 Å². The van der Waals surface area contributed by atoms with Crippen LogP contribution >= 0.6 is 0 Å². The molecule has 0 radical (unpaired) electrons. The van der Waals surface area contributed by atoms with Crippen LogP contribution < -0.4 is 4.74 Å². The Kier molecular flexibility index (Phi) is 6.21. The Morgan fingerprint density at radius 1 is 1.11 bits per heavy atom. The number of benzene rings is 2. The molecule has 3 unspecified atom stereocenters. The van der Waals surface area contributed by atoms with Gasteiger partial charge in [-0.15, -0.1) is 0 Å². The Hall–Kier alpha value is -2.70. The highest BCUT2D eigenvalue weighted by atomic mass is 16.7. The van der Waals surface area contributed by atoms with E-state index in [1.807, 2.05) is 61.5 Å². The smallest absolute Gasteiger partial charge is 0.344 e. The Balaban J connectivity index is 1.96. The van der Waals surface area contributed by atoms with Crippen molar-refractivity contribution in [3.05, 3.63) is 65.7 Å². The van der Waals surface area contributed by atoms with E-state index in [2.05, 4.69) is 4.99 Å². The molecule has 6 heteroatoms. The second-order valence-electron chi connectivity index (χ2n) is 6.02. The van der Waals surface area contributed by atoms with Gasteiger partial charge in [-0.2, -0.15) is 0 Å². The zero-order chi connectivity index (χ0) is 19.2. The second kappa shape index (κ2) is 8.79. The quantitative estimate of drug-likeness (QED) is 0.552. The van der Waals surface area contributed by atoms with Crippen molar-refractivity contribution >= 4 is 11.9 Å². The van der Waals surface area contributed by atoms with Crippen LogP contribution in [0.3, 0.4) is 0 Å². The van der Waals surface area contributed by atoms with Crippen molar-refractivity contribution in [3.63, 3.8) is 0 Å². The standard InChI is InChI=1S/C21H23NO5/c1-4-25-14(2)26-19-18(15-10-12-17(24-3)13-11-15)22-20(27-21(19)23)16-8-6-5-7-9-16/h5-14,18-19H,4H2,1-3H3. The fourth-order valence-corrected chi connectivity index (χ4v) is 2.88. The normalized spacial score (nSPS) is 20.6. The minimum atomic E-state index is -0.896. The van der Waals surface area contributed by atoms with E-state index in [4.69, 9.17) is 18.9 Å².